The lowest BCUT2D eigenvalue weighted by Crippen LogP contribution is -2.49. The molecule has 1 aliphatic rings. The number of aromatic nitrogens is 1. The van der Waals surface area contributed by atoms with E-state index in [0.29, 0.717) is 18.7 Å². The van der Waals surface area contributed by atoms with E-state index < -0.39 is 12.1 Å². The summed E-state index contributed by atoms with van der Waals surface area (Å²) < 4.78 is 12.9. The van der Waals surface area contributed by atoms with Crippen molar-refractivity contribution in [3.05, 3.63) is 59.5 Å². The highest BCUT2D eigenvalue weighted by atomic mass is 19.1. The van der Waals surface area contributed by atoms with Crippen molar-refractivity contribution in [2.24, 2.45) is 5.73 Å². The normalized spacial score (nSPS) is 17.4. The first kappa shape index (κ1) is 17.0. The van der Waals surface area contributed by atoms with Crippen LogP contribution < -0.4 is 16.4 Å². The summed E-state index contributed by atoms with van der Waals surface area (Å²) in [6.07, 6.45) is 2.54. The minimum Gasteiger partial charge on any atom is -0.344 e. The maximum Gasteiger partial charge on any atom is 0.248 e. The zero-order valence-corrected chi connectivity index (χ0v) is 13.5. The highest BCUT2D eigenvalue weighted by molar-refractivity contribution is 5.99. The Labute approximate surface area is 144 Å². The lowest BCUT2D eigenvalue weighted by atomic mass is 10.0. The van der Waals surface area contributed by atoms with E-state index in [1.165, 1.54) is 12.1 Å². The van der Waals surface area contributed by atoms with E-state index in [0.717, 1.165) is 11.1 Å². The van der Waals surface area contributed by atoms with Gasteiger partial charge in [0.15, 0.2) is 0 Å². The molecule has 0 bridgehead atoms. The van der Waals surface area contributed by atoms with E-state index in [-0.39, 0.29) is 24.1 Å². The Morgan fingerprint density at radius 3 is 2.88 bits per heavy atom. The number of anilines is 1. The van der Waals surface area contributed by atoms with E-state index in [9.17, 15) is 14.0 Å². The number of carbonyl (C=O) groups is 2. The number of fused-ring (bicyclic) bond motifs is 1. The molecule has 0 radical (unpaired) electrons. The number of nitrogens with two attached hydrogens (primary N) is 1. The van der Waals surface area contributed by atoms with Gasteiger partial charge in [0.2, 0.25) is 11.8 Å². The van der Waals surface area contributed by atoms with Crippen molar-refractivity contribution in [1.29, 1.82) is 0 Å². The van der Waals surface area contributed by atoms with Gasteiger partial charge in [-0.25, -0.2) is 9.37 Å². The minimum absolute atomic E-state index is 0.0844. The topological polar surface area (TPSA) is 97.1 Å². The van der Waals surface area contributed by atoms with Gasteiger partial charge in [0.05, 0.1) is 0 Å². The summed E-state index contributed by atoms with van der Waals surface area (Å²) in [7, 11) is 0. The van der Waals surface area contributed by atoms with Crippen LogP contribution in [0.4, 0.5) is 10.2 Å². The Bertz CT molecular complexity index is 779. The molecule has 2 aromatic rings. The van der Waals surface area contributed by atoms with Crippen LogP contribution in [0.25, 0.3) is 0 Å². The van der Waals surface area contributed by atoms with Crippen LogP contribution in [0.2, 0.25) is 0 Å². The summed E-state index contributed by atoms with van der Waals surface area (Å²) in [6, 6.07) is 8.61. The monoisotopic (exact) mass is 342 g/mol. The highest BCUT2D eigenvalue weighted by Crippen LogP contribution is 2.19. The first-order chi connectivity index (χ1) is 12.0. The molecule has 0 spiro atoms. The first-order valence-corrected chi connectivity index (χ1v) is 8.05. The minimum atomic E-state index is -0.637. The standard InChI is InChI=1S/C18H19FN4O2/c19-13-5-3-11(4-6-13)8-14(20)10-16(24)22-15-9-12-2-1-7-21-17(12)23-18(15)25/h1-7,14-15H,8-10,20H2,(H,22,24)(H,21,23,25)/t14?,15-/m1/s1. The number of hydrogen-bond acceptors (Lipinski definition) is 4. The fourth-order valence-corrected chi connectivity index (χ4v) is 2.84. The molecule has 3 rings (SSSR count). The third kappa shape index (κ3) is 4.39. The lowest BCUT2D eigenvalue weighted by molar-refractivity contribution is -0.126. The first-order valence-electron chi connectivity index (χ1n) is 8.05. The highest BCUT2D eigenvalue weighted by Gasteiger charge is 2.28. The Hall–Kier alpha value is -2.80. The Morgan fingerprint density at radius 2 is 2.12 bits per heavy atom. The molecule has 2 heterocycles. The molecule has 0 aliphatic carbocycles. The van der Waals surface area contributed by atoms with Gasteiger partial charge in [-0.05, 0) is 35.7 Å². The van der Waals surface area contributed by atoms with Crippen LogP contribution in [0, 0.1) is 5.82 Å². The van der Waals surface area contributed by atoms with Crippen molar-refractivity contribution >= 4 is 17.6 Å². The average molecular weight is 342 g/mol. The molecule has 7 heteroatoms. The van der Waals surface area contributed by atoms with Gasteiger partial charge in [0.1, 0.15) is 17.7 Å². The van der Waals surface area contributed by atoms with Crippen molar-refractivity contribution < 1.29 is 14.0 Å². The third-order valence-corrected chi connectivity index (χ3v) is 4.07. The zero-order chi connectivity index (χ0) is 17.8. The summed E-state index contributed by atoms with van der Waals surface area (Å²) in [6.45, 7) is 0. The summed E-state index contributed by atoms with van der Waals surface area (Å²) in [5, 5.41) is 5.40. The predicted octanol–water partition coefficient (Wildman–Crippen LogP) is 1.16. The van der Waals surface area contributed by atoms with E-state index in [4.69, 9.17) is 5.73 Å². The number of nitrogens with zero attached hydrogens (tertiary/aromatic N) is 1. The van der Waals surface area contributed by atoms with Crippen molar-refractivity contribution in [3.63, 3.8) is 0 Å². The third-order valence-electron chi connectivity index (χ3n) is 4.07. The van der Waals surface area contributed by atoms with Gasteiger partial charge in [-0.1, -0.05) is 18.2 Å². The zero-order valence-electron chi connectivity index (χ0n) is 13.5. The second-order valence-electron chi connectivity index (χ2n) is 6.12. The number of carbonyl (C=O) groups excluding carboxylic acids is 2. The van der Waals surface area contributed by atoms with Crippen molar-refractivity contribution in [1.82, 2.24) is 10.3 Å². The lowest BCUT2D eigenvalue weighted by Gasteiger charge is -2.25. The molecule has 0 fully saturated rings. The molecule has 2 amide bonds. The maximum atomic E-state index is 12.9. The number of hydrogen-bond donors (Lipinski definition) is 3. The fourth-order valence-electron chi connectivity index (χ4n) is 2.84. The Balaban J connectivity index is 1.53. The quantitative estimate of drug-likeness (QED) is 0.759. The maximum absolute atomic E-state index is 12.9. The SMILES string of the molecule is NC(CC(=O)N[C@@H]1Cc2cccnc2NC1=O)Cc1ccc(F)cc1. The Kier molecular flexibility index (Phi) is 5.04. The molecule has 0 saturated carbocycles. The van der Waals surface area contributed by atoms with Crippen LogP contribution in [0.1, 0.15) is 17.5 Å². The molecule has 1 aromatic heterocycles. The molecule has 4 N–H and O–H groups in total. The number of amides is 2. The van der Waals surface area contributed by atoms with E-state index in [1.807, 2.05) is 6.07 Å². The second kappa shape index (κ2) is 7.40. The van der Waals surface area contributed by atoms with Crippen molar-refractivity contribution in [2.75, 3.05) is 5.32 Å². The number of rotatable bonds is 5. The van der Waals surface area contributed by atoms with Crippen LogP contribution >= 0.6 is 0 Å². The van der Waals surface area contributed by atoms with Gasteiger partial charge in [-0.2, -0.15) is 0 Å². The van der Waals surface area contributed by atoms with Gasteiger partial charge in [0, 0.05) is 25.1 Å². The number of halogens is 1. The van der Waals surface area contributed by atoms with Gasteiger partial charge in [-0.15, -0.1) is 0 Å². The van der Waals surface area contributed by atoms with E-state index >= 15 is 0 Å². The number of benzene rings is 1. The Morgan fingerprint density at radius 1 is 1.36 bits per heavy atom. The van der Waals surface area contributed by atoms with Gasteiger partial charge in [0.25, 0.3) is 0 Å². The van der Waals surface area contributed by atoms with Crippen LogP contribution in [-0.4, -0.2) is 28.9 Å². The predicted molar refractivity (Wildman–Crippen MR) is 91.2 cm³/mol. The summed E-state index contributed by atoms with van der Waals surface area (Å²) in [4.78, 5) is 28.3. The fraction of sp³-hybridized carbons (Fsp3) is 0.278. The molecular weight excluding hydrogens is 323 g/mol. The molecular formula is C18H19FN4O2. The van der Waals surface area contributed by atoms with Gasteiger partial charge in [-0.3, -0.25) is 9.59 Å². The van der Waals surface area contributed by atoms with Crippen molar-refractivity contribution in [3.8, 4) is 0 Å². The smallest absolute Gasteiger partial charge is 0.248 e. The number of nitrogens with one attached hydrogen (secondary N) is 2. The summed E-state index contributed by atoms with van der Waals surface area (Å²) in [5.74, 6) is -0.354. The van der Waals surface area contributed by atoms with Crippen LogP contribution in [0.3, 0.4) is 0 Å². The molecule has 25 heavy (non-hydrogen) atoms. The van der Waals surface area contributed by atoms with Crippen LogP contribution in [-0.2, 0) is 22.4 Å². The van der Waals surface area contributed by atoms with E-state index in [2.05, 4.69) is 15.6 Å². The molecule has 2 atom stereocenters. The molecule has 130 valence electrons. The molecule has 1 unspecified atom stereocenters. The summed E-state index contributed by atoms with van der Waals surface area (Å²) in [5.41, 5.74) is 7.73. The molecule has 0 saturated heterocycles. The molecule has 6 nitrogen and oxygen atoms in total. The average Bonchev–Trinajstić information content (AvgIpc) is 2.57. The molecule has 1 aliphatic heterocycles. The van der Waals surface area contributed by atoms with Crippen molar-refractivity contribution in [2.45, 2.75) is 31.3 Å². The van der Waals surface area contributed by atoms with Gasteiger partial charge < -0.3 is 16.4 Å². The molecule has 1 aromatic carbocycles. The van der Waals surface area contributed by atoms with E-state index in [1.54, 1.807) is 24.4 Å². The largest absolute Gasteiger partial charge is 0.344 e. The van der Waals surface area contributed by atoms with Crippen LogP contribution in [0.5, 0.6) is 0 Å². The van der Waals surface area contributed by atoms with Gasteiger partial charge >= 0.3 is 0 Å². The van der Waals surface area contributed by atoms with Crippen LogP contribution in [0.15, 0.2) is 42.6 Å². The second-order valence-corrected chi connectivity index (χ2v) is 6.12. The summed E-state index contributed by atoms with van der Waals surface area (Å²) >= 11 is 0. The number of pyridine rings is 1.